The Balaban J connectivity index is 2.37. The Bertz CT molecular complexity index is 372. The Morgan fingerprint density at radius 3 is 2.94 bits per heavy atom. The molecule has 1 N–H and O–H groups in total. The van der Waals surface area contributed by atoms with E-state index in [0.717, 1.165) is 30.9 Å². The van der Waals surface area contributed by atoms with Gasteiger partial charge in [-0.3, -0.25) is 5.32 Å². The molecule has 0 aliphatic rings. The van der Waals surface area contributed by atoms with Gasteiger partial charge in [-0.1, -0.05) is 13.8 Å². The molecular weight excluding hydrogens is 244 g/mol. The summed E-state index contributed by atoms with van der Waals surface area (Å²) in [4.78, 5) is 0. The molecule has 2 unspecified atom stereocenters. The molecule has 0 aromatic carbocycles. The van der Waals surface area contributed by atoms with Crippen LogP contribution in [0.4, 0.5) is 0 Å². The summed E-state index contributed by atoms with van der Waals surface area (Å²) >= 11 is 1.82. The lowest BCUT2D eigenvalue weighted by Crippen LogP contribution is -2.43. The second-order valence-corrected chi connectivity index (χ2v) is 6.20. The molecule has 0 bridgehead atoms. The van der Waals surface area contributed by atoms with Crippen LogP contribution in [0.2, 0.25) is 0 Å². The summed E-state index contributed by atoms with van der Waals surface area (Å²) < 4.78 is 5.30. The third-order valence-corrected chi connectivity index (χ3v) is 3.98. The van der Waals surface area contributed by atoms with E-state index in [-0.39, 0.29) is 0 Å². The standard InChI is InChI=1S/C14H22N2OS/c1-4-7-16-14(3,11-15)9-12(2)18-10-13-6-5-8-17-13/h5-6,8,12,16H,4,7,9-10H2,1-3H3. The number of nitrogens with zero attached hydrogens (tertiary/aromatic N) is 1. The maximum absolute atomic E-state index is 9.27. The SMILES string of the molecule is CCCNC(C)(C#N)CC(C)SCc1ccco1. The Morgan fingerprint density at radius 2 is 2.39 bits per heavy atom. The Morgan fingerprint density at radius 1 is 1.61 bits per heavy atom. The van der Waals surface area contributed by atoms with Crippen LogP contribution >= 0.6 is 11.8 Å². The van der Waals surface area contributed by atoms with Gasteiger partial charge < -0.3 is 4.42 Å². The second-order valence-electron chi connectivity index (χ2n) is 4.78. The van der Waals surface area contributed by atoms with Gasteiger partial charge in [0, 0.05) is 5.25 Å². The third kappa shape index (κ3) is 5.16. The first-order chi connectivity index (χ1) is 8.59. The first kappa shape index (κ1) is 15.1. The molecule has 2 atom stereocenters. The van der Waals surface area contributed by atoms with Crippen molar-refractivity contribution in [1.29, 1.82) is 5.26 Å². The lowest BCUT2D eigenvalue weighted by atomic mass is 9.98. The quantitative estimate of drug-likeness (QED) is 0.781. The van der Waals surface area contributed by atoms with Crippen molar-refractivity contribution < 1.29 is 4.42 Å². The fraction of sp³-hybridized carbons (Fsp3) is 0.643. The average molecular weight is 266 g/mol. The molecular formula is C14H22N2OS. The van der Waals surface area contributed by atoms with Crippen molar-refractivity contribution in [1.82, 2.24) is 5.32 Å². The smallest absolute Gasteiger partial charge is 0.113 e. The van der Waals surface area contributed by atoms with Crippen molar-refractivity contribution >= 4 is 11.8 Å². The van der Waals surface area contributed by atoms with Crippen LogP contribution < -0.4 is 5.32 Å². The molecule has 0 radical (unpaired) electrons. The highest BCUT2D eigenvalue weighted by Gasteiger charge is 2.25. The van der Waals surface area contributed by atoms with Crippen molar-refractivity contribution in [3.63, 3.8) is 0 Å². The highest BCUT2D eigenvalue weighted by molar-refractivity contribution is 7.99. The first-order valence-electron chi connectivity index (χ1n) is 6.40. The Kier molecular flexibility index (Phi) is 6.31. The zero-order valence-corrected chi connectivity index (χ0v) is 12.2. The predicted octanol–water partition coefficient (Wildman–Crippen LogP) is 3.57. The number of hydrogen-bond acceptors (Lipinski definition) is 4. The van der Waals surface area contributed by atoms with Crippen molar-refractivity contribution in [2.75, 3.05) is 6.54 Å². The molecule has 3 nitrogen and oxygen atoms in total. The van der Waals surface area contributed by atoms with Crippen LogP contribution in [-0.4, -0.2) is 17.3 Å². The normalized spacial score (nSPS) is 15.9. The van der Waals surface area contributed by atoms with Crippen LogP contribution in [0.5, 0.6) is 0 Å². The zero-order chi connectivity index (χ0) is 13.4. The lowest BCUT2D eigenvalue weighted by Gasteiger charge is -2.26. The number of nitriles is 1. The maximum atomic E-state index is 9.27. The molecule has 1 aromatic rings. The number of nitrogens with one attached hydrogen (secondary N) is 1. The summed E-state index contributed by atoms with van der Waals surface area (Å²) in [5.41, 5.74) is -0.425. The van der Waals surface area contributed by atoms with Gasteiger partial charge in [-0.05, 0) is 38.4 Å². The second kappa shape index (κ2) is 7.50. The van der Waals surface area contributed by atoms with E-state index in [1.165, 1.54) is 0 Å². The minimum atomic E-state index is -0.425. The van der Waals surface area contributed by atoms with E-state index in [2.05, 4.69) is 25.2 Å². The minimum absolute atomic E-state index is 0.420. The lowest BCUT2D eigenvalue weighted by molar-refractivity contribution is 0.418. The maximum Gasteiger partial charge on any atom is 0.113 e. The van der Waals surface area contributed by atoms with E-state index in [1.54, 1.807) is 6.26 Å². The molecule has 0 aliphatic carbocycles. The van der Waals surface area contributed by atoms with Crippen LogP contribution in [0.1, 0.15) is 39.4 Å². The van der Waals surface area contributed by atoms with Gasteiger partial charge in [0.1, 0.15) is 11.3 Å². The monoisotopic (exact) mass is 266 g/mol. The van der Waals surface area contributed by atoms with Gasteiger partial charge in [-0.2, -0.15) is 17.0 Å². The number of thioether (sulfide) groups is 1. The van der Waals surface area contributed by atoms with Crippen molar-refractivity contribution in [3.05, 3.63) is 24.2 Å². The summed E-state index contributed by atoms with van der Waals surface area (Å²) in [6, 6.07) is 6.28. The van der Waals surface area contributed by atoms with Crippen molar-refractivity contribution in [2.24, 2.45) is 0 Å². The predicted molar refractivity (Wildman–Crippen MR) is 76.4 cm³/mol. The molecule has 18 heavy (non-hydrogen) atoms. The molecule has 0 amide bonds. The van der Waals surface area contributed by atoms with Gasteiger partial charge in [0.05, 0.1) is 18.1 Å². The van der Waals surface area contributed by atoms with E-state index in [0.29, 0.717) is 5.25 Å². The molecule has 1 rings (SSSR count). The summed E-state index contributed by atoms with van der Waals surface area (Å²) in [7, 11) is 0. The zero-order valence-electron chi connectivity index (χ0n) is 11.4. The molecule has 0 saturated carbocycles. The minimum Gasteiger partial charge on any atom is -0.468 e. The van der Waals surface area contributed by atoms with Crippen molar-refractivity contribution in [2.45, 2.75) is 50.2 Å². The topological polar surface area (TPSA) is 49.0 Å². The van der Waals surface area contributed by atoms with Crippen LogP contribution in [0.25, 0.3) is 0 Å². The molecule has 4 heteroatoms. The number of furan rings is 1. The van der Waals surface area contributed by atoms with Gasteiger partial charge in [0.2, 0.25) is 0 Å². The molecule has 0 spiro atoms. The van der Waals surface area contributed by atoms with Gasteiger partial charge in [0.25, 0.3) is 0 Å². The highest BCUT2D eigenvalue weighted by Crippen LogP contribution is 2.25. The fourth-order valence-corrected chi connectivity index (χ4v) is 2.88. The first-order valence-corrected chi connectivity index (χ1v) is 7.45. The summed E-state index contributed by atoms with van der Waals surface area (Å²) in [5, 5.41) is 13.0. The average Bonchev–Trinajstić information content (AvgIpc) is 2.87. The molecule has 0 fully saturated rings. The summed E-state index contributed by atoms with van der Waals surface area (Å²) in [5.74, 6) is 1.86. The highest BCUT2D eigenvalue weighted by atomic mass is 32.2. The van der Waals surface area contributed by atoms with Crippen LogP contribution in [0.15, 0.2) is 22.8 Å². The molecule has 0 saturated heterocycles. The molecule has 1 heterocycles. The molecule has 1 aromatic heterocycles. The number of rotatable bonds is 8. The van der Waals surface area contributed by atoms with E-state index in [4.69, 9.17) is 4.42 Å². The van der Waals surface area contributed by atoms with Crippen LogP contribution in [0, 0.1) is 11.3 Å². The van der Waals surface area contributed by atoms with E-state index < -0.39 is 5.54 Å². The number of hydrogen-bond donors (Lipinski definition) is 1. The van der Waals surface area contributed by atoms with E-state index in [9.17, 15) is 5.26 Å². The molecule has 100 valence electrons. The summed E-state index contributed by atoms with van der Waals surface area (Å²) in [6.45, 7) is 7.14. The van der Waals surface area contributed by atoms with Gasteiger partial charge >= 0.3 is 0 Å². The van der Waals surface area contributed by atoms with Gasteiger partial charge in [-0.25, -0.2) is 0 Å². The van der Waals surface area contributed by atoms with E-state index >= 15 is 0 Å². The Hall–Kier alpha value is -0.920. The Labute approximate surface area is 114 Å². The molecule has 0 aliphatic heterocycles. The van der Waals surface area contributed by atoms with Gasteiger partial charge in [-0.15, -0.1) is 0 Å². The largest absolute Gasteiger partial charge is 0.468 e. The third-order valence-electron chi connectivity index (χ3n) is 2.80. The van der Waals surface area contributed by atoms with Crippen LogP contribution in [-0.2, 0) is 5.75 Å². The van der Waals surface area contributed by atoms with Gasteiger partial charge in [0.15, 0.2) is 0 Å². The van der Waals surface area contributed by atoms with Crippen LogP contribution in [0.3, 0.4) is 0 Å². The fourth-order valence-electron chi connectivity index (χ4n) is 1.81. The van der Waals surface area contributed by atoms with Crippen molar-refractivity contribution in [3.8, 4) is 6.07 Å². The summed E-state index contributed by atoms with van der Waals surface area (Å²) in [6.07, 6.45) is 3.59. The van der Waals surface area contributed by atoms with E-state index in [1.807, 2.05) is 30.8 Å².